The number of rotatable bonds is 12. The van der Waals surface area contributed by atoms with E-state index in [0.29, 0.717) is 40.2 Å². The lowest BCUT2D eigenvalue weighted by atomic mass is 9.76. The SMILES string of the molecule is CCCc1cccc([C@@](C)(CCCC2(C)CS(=O)CN2)c2nc(-c3cc(Sc4c(F)cc5[nH]ccc5c4CC)ccc3F)n(C)n2)c1. The van der Waals surface area contributed by atoms with Gasteiger partial charge >= 0.3 is 0 Å². The average molecular weight is 676 g/mol. The molecule has 0 saturated carbocycles. The van der Waals surface area contributed by atoms with Gasteiger partial charge in [-0.2, -0.15) is 5.10 Å². The zero-order valence-corrected chi connectivity index (χ0v) is 29.4. The van der Waals surface area contributed by atoms with Gasteiger partial charge in [0.15, 0.2) is 11.6 Å². The third kappa shape index (κ3) is 6.82. The van der Waals surface area contributed by atoms with Crippen LogP contribution < -0.4 is 5.32 Å². The normalized spacial score (nSPS) is 19.4. The maximum absolute atomic E-state index is 15.6. The van der Waals surface area contributed by atoms with Crippen LogP contribution in [0.3, 0.4) is 0 Å². The van der Waals surface area contributed by atoms with Crippen LogP contribution in [-0.2, 0) is 36.1 Å². The van der Waals surface area contributed by atoms with Crippen molar-refractivity contribution in [3.8, 4) is 11.4 Å². The van der Waals surface area contributed by atoms with Gasteiger partial charge in [-0.1, -0.05) is 62.7 Å². The molecular formula is C37H43F2N5OS2. The van der Waals surface area contributed by atoms with Crippen molar-refractivity contribution < 1.29 is 13.0 Å². The molecule has 1 fully saturated rings. The van der Waals surface area contributed by atoms with Crippen molar-refractivity contribution >= 4 is 33.5 Å². The van der Waals surface area contributed by atoms with Crippen LogP contribution >= 0.6 is 11.8 Å². The summed E-state index contributed by atoms with van der Waals surface area (Å²) in [6.07, 6.45) is 7.04. The Morgan fingerprint density at radius 2 is 1.94 bits per heavy atom. The van der Waals surface area contributed by atoms with Gasteiger partial charge in [0.2, 0.25) is 0 Å². The molecule has 2 N–H and O–H groups in total. The highest BCUT2D eigenvalue weighted by atomic mass is 32.2. The summed E-state index contributed by atoms with van der Waals surface area (Å²) >= 11 is 1.30. The number of hydrogen-bond acceptors (Lipinski definition) is 5. The van der Waals surface area contributed by atoms with Gasteiger partial charge in [0.05, 0.1) is 21.8 Å². The number of hydrogen-bond donors (Lipinski definition) is 2. The molecule has 2 aromatic heterocycles. The Balaban J connectivity index is 1.35. The first-order valence-corrected chi connectivity index (χ1v) is 18.7. The maximum atomic E-state index is 15.6. The van der Waals surface area contributed by atoms with Crippen LogP contribution in [-0.4, -0.2) is 41.1 Å². The molecule has 2 unspecified atom stereocenters. The molecule has 0 aliphatic carbocycles. The first-order valence-electron chi connectivity index (χ1n) is 16.4. The predicted octanol–water partition coefficient (Wildman–Crippen LogP) is 8.45. The number of nitrogens with zero attached hydrogens (tertiary/aromatic N) is 3. The zero-order chi connectivity index (χ0) is 33.3. The van der Waals surface area contributed by atoms with Gasteiger partial charge in [-0.05, 0) is 86.6 Å². The number of halogens is 2. The fraction of sp³-hybridized carbons (Fsp3) is 0.405. The molecule has 1 aliphatic heterocycles. The van der Waals surface area contributed by atoms with E-state index in [1.165, 1.54) is 29.5 Å². The summed E-state index contributed by atoms with van der Waals surface area (Å²) in [5.41, 5.74) is 3.70. The van der Waals surface area contributed by atoms with Crippen LogP contribution in [0.15, 0.2) is 70.6 Å². The van der Waals surface area contributed by atoms with Gasteiger partial charge in [0.25, 0.3) is 0 Å². The highest BCUT2D eigenvalue weighted by molar-refractivity contribution is 7.99. The second-order valence-corrected chi connectivity index (χ2v) is 15.7. The van der Waals surface area contributed by atoms with E-state index in [9.17, 15) is 4.21 Å². The minimum Gasteiger partial charge on any atom is -0.361 e. The predicted molar refractivity (Wildman–Crippen MR) is 188 cm³/mol. The molecule has 3 atom stereocenters. The third-order valence-corrected chi connectivity index (χ3v) is 12.1. The first-order chi connectivity index (χ1) is 22.5. The zero-order valence-electron chi connectivity index (χ0n) is 27.8. The van der Waals surface area contributed by atoms with Crippen molar-refractivity contribution in [2.75, 3.05) is 11.6 Å². The van der Waals surface area contributed by atoms with Gasteiger partial charge in [0.1, 0.15) is 11.6 Å². The van der Waals surface area contributed by atoms with E-state index in [4.69, 9.17) is 10.1 Å². The Bertz CT molecular complexity index is 1940. The van der Waals surface area contributed by atoms with Gasteiger partial charge in [-0.3, -0.25) is 9.53 Å². The van der Waals surface area contributed by atoms with E-state index in [1.54, 1.807) is 23.9 Å². The Morgan fingerprint density at radius 3 is 2.68 bits per heavy atom. The number of benzene rings is 3. The molecule has 3 aromatic carbocycles. The third-order valence-electron chi connectivity index (χ3n) is 9.52. The number of fused-ring (bicyclic) bond motifs is 1. The first kappa shape index (κ1) is 33.6. The second-order valence-electron chi connectivity index (χ2n) is 13.2. The lowest BCUT2D eigenvalue weighted by Crippen LogP contribution is -2.39. The van der Waals surface area contributed by atoms with Gasteiger partial charge < -0.3 is 4.98 Å². The van der Waals surface area contributed by atoms with Crippen LogP contribution in [0.2, 0.25) is 0 Å². The van der Waals surface area contributed by atoms with Crippen LogP contribution in [0, 0.1) is 11.6 Å². The van der Waals surface area contributed by atoms with Crippen molar-refractivity contribution in [1.82, 2.24) is 25.1 Å². The number of aromatic nitrogens is 4. The van der Waals surface area contributed by atoms with E-state index in [0.717, 1.165) is 59.0 Å². The van der Waals surface area contributed by atoms with E-state index in [2.05, 4.69) is 55.3 Å². The summed E-state index contributed by atoms with van der Waals surface area (Å²) in [5, 5.41) is 9.36. The molecule has 5 aromatic rings. The minimum absolute atomic E-state index is 0.164. The van der Waals surface area contributed by atoms with E-state index in [1.807, 2.05) is 19.2 Å². The number of aromatic amines is 1. The summed E-state index contributed by atoms with van der Waals surface area (Å²) in [6.45, 7) is 8.51. The summed E-state index contributed by atoms with van der Waals surface area (Å²) in [5.74, 6) is 1.53. The highest BCUT2D eigenvalue weighted by Gasteiger charge is 2.37. The summed E-state index contributed by atoms with van der Waals surface area (Å²) in [6, 6.07) is 17.0. The molecule has 0 amide bonds. The fourth-order valence-electron chi connectivity index (χ4n) is 6.84. The molecule has 3 heterocycles. The average Bonchev–Trinajstić information content (AvgIpc) is 3.77. The molecule has 248 valence electrons. The number of nitrogens with one attached hydrogen (secondary N) is 2. The van der Waals surface area contributed by atoms with E-state index >= 15 is 8.78 Å². The Morgan fingerprint density at radius 1 is 1.11 bits per heavy atom. The van der Waals surface area contributed by atoms with E-state index < -0.39 is 22.0 Å². The Hall–Kier alpha value is -3.34. The van der Waals surface area contributed by atoms with Crippen LogP contribution in [0.4, 0.5) is 8.78 Å². The molecule has 1 aliphatic rings. The van der Waals surface area contributed by atoms with Crippen LogP contribution in [0.1, 0.15) is 75.9 Å². The summed E-state index contributed by atoms with van der Waals surface area (Å²) in [4.78, 5) is 9.41. The Kier molecular flexibility index (Phi) is 9.74. The van der Waals surface area contributed by atoms with Crippen molar-refractivity contribution in [1.29, 1.82) is 0 Å². The lowest BCUT2D eigenvalue weighted by molar-refractivity contribution is 0.363. The minimum atomic E-state index is -0.839. The van der Waals surface area contributed by atoms with Gasteiger partial charge in [0, 0.05) is 51.1 Å². The standard InChI is InChI=1S/C37H43F2N5OS2/c1-6-10-24-11-8-12-25(19-24)37(4,17-9-16-36(3)22-47(45)23-41-36)35-42-34(44(5)43-35)29-20-26(13-14-30(29)38)46-33-27(7-2)28-15-18-40-32(28)21-31(33)39/h8,11-15,18-21,40-41H,6-7,9-10,16-17,22-23H2,1-5H3/t36?,37-,47?/m1/s1. The Labute approximate surface area is 282 Å². The highest BCUT2D eigenvalue weighted by Crippen LogP contribution is 2.41. The lowest BCUT2D eigenvalue weighted by Gasteiger charge is -2.30. The molecule has 6 nitrogen and oxygen atoms in total. The summed E-state index contributed by atoms with van der Waals surface area (Å²) < 4.78 is 44.7. The molecule has 0 bridgehead atoms. The van der Waals surface area contributed by atoms with Crippen LogP contribution in [0.5, 0.6) is 0 Å². The molecule has 47 heavy (non-hydrogen) atoms. The topological polar surface area (TPSA) is 75.6 Å². The maximum Gasteiger partial charge on any atom is 0.161 e. The number of aryl methyl sites for hydroxylation is 3. The monoisotopic (exact) mass is 675 g/mol. The largest absolute Gasteiger partial charge is 0.361 e. The fourth-order valence-corrected chi connectivity index (χ4v) is 9.49. The molecule has 0 spiro atoms. The second kappa shape index (κ2) is 13.6. The molecule has 6 rings (SSSR count). The molecule has 1 saturated heterocycles. The smallest absolute Gasteiger partial charge is 0.161 e. The van der Waals surface area contributed by atoms with Gasteiger partial charge in [-0.25, -0.2) is 18.4 Å². The van der Waals surface area contributed by atoms with Crippen molar-refractivity contribution in [2.45, 2.75) is 87.0 Å². The van der Waals surface area contributed by atoms with Gasteiger partial charge in [-0.15, -0.1) is 0 Å². The van der Waals surface area contributed by atoms with Crippen molar-refractivity contribution in [3.05, 3.63) is 94.9 Å². The summed E-state index contributed by atoms with van der Waals surface area (Å²) in [7, 11) is 0.959. The van der Waals surface area contributed by atoms with Crippen LogP contribution in [0.25, 0.3) is 22.3 Å². The molecule has 10 heteroatoms. The number of H-pyrrole nitrogens is 1. The molecular weight excluding hydrogens is 633 g/mol. The van der Waals surface area contributed by atoms with E-state index in [-0.39, 0.29) is 11.4 Å². The van der Waals surface area contributed by atoms with Crippen molar-refractivity contribution in [3.63, 3.8) is 0 Å². The van der Waals surface area contributed by atoms with Crippen molar-refractivity contribution in [2.24, 2.45) is 7.05 Å². The molecule has 0 radical (unpaired) electrons. The quantitative estimate of drug-likeness (QED) is 0.139.